The SMILES string of the molecule is CCOC(=O)/C=C/C=C/c1ccccc1C#N. The molecular weight excluding hydrogens is 214 g/mol. The summed E-state index contributed by atoms with van der Waals surface area (Å²) in [6.07, 6.45) is 6.41. The Bertz CT molecular complexity index is 481. The minimum Gasteiger partial charge on any atom is -0.463 e. The predicted molar refractivity (Wildman–Crippen MR) is 66.0 cm³/mol. The van der Waals surface area contributed by atoms with Crippen LogP contribution in [0.2, 0.25) is 0 Å². The number of rotatable bonds is 4. The molecule has 0 amide bonds. The first kappa shape index (κ1) is 12.7. The summed E-state index contributed by atoms with van der Waals surface area (Å²) in [7, 11) is 0. The van der Waals surface area contributed by atoms with E-state index in [4.69, 9.17) is 10.00 Å². The molecule has 1 aromatic carbocycles. The third kappa shape index (κ3) is 4.35. The lowest BCUT2D eigenvalue weighted by molar-refractivity contribution is -0.137. The van der Waals surface area contributed by atoms with Gasteiger partial charge in [-0.25, -0.2) is 4.79 Å². The highest BCUT2D eigenvalue weighted by Gasteiger charge is 1.94. The molecule has 0 aliphatic carbocycles. The molecule has 0 unspecified atom stereocenters. The summed E-state index contributed by atoms with van der Waals surface area (Å²) in [4.78, 5) is 11.0. The third-order valence-corrected chi connectivity index (χ3v) is 1.99. The number of carbonyl (C=O) groups is 1. The van der Waals surface area contributed by atoms with Crippen molar-refractivity contribution in [2.24, 2.45) is 0 Å². The van der Waals surface area contributed by atoms with Gasteiger partial charge in [-0.05, 0) is 18.6 Å². The molecule has 0 radical (unpaired) electrons. The van der Waals surface area contributed by atoms with E-state index < -0.39 is 0 Å². The molecule has 0 aromatic heterocycles. The van der Waals surface area contributed by atoms with Gasteiger partial charge in [0.2, 0.25) is 0 Å². The largest absolute Gasteiger partial charge is 0.463 e. The summed E-state index contributed by atoms with van der Waals surface area (Å²) < 4.78 is 4.73. The minimum absolute atomic E-state index is 0.365. The standard InChI is InChI=1S/C14H13NO2/c1-2-17-14(16)10-6-5-8-12-7-3-4-9-13(12)11-15/h3-10H,2H2,1H3/b8-5+,10-6+. The molecule has 86 valence electrons. The Morgan fingerprint density at radius 2 is 2.18 bits per heavy atom. The maximum atomic E-state index is 11.0. The molecule has 0 heterocycles. The van der Waals surface area contributed by atoms with Crippen molar-refractivity contribution in [1.82, 2.24) is 0 Å². The lowest BCUT2D eigenvalue weighted by Gasteiger charge is -1.95. The Balaban J connectivity index is 2.66. The Kier molecular flexibility index (Phi) is 5.26. The first-order valence-electron chi connectivity index (χ1n) is 5.28. The maximum absolute atomic E-state index is 11.0. The van der Waals surface area contributed by atoms with Gasteiger partial charge >= 0.3 is 5.97 Å². The lowest BCUT2D eigenvalue weighted by atomic mass is 10.1. The molecule has 0 saturated heterocycles. The van der Waals surface area contributed by atoms with E-state index in [9.17, 15) is 4.79 Å². The monoisotopic (exact) mass is 227 g/mol. The number of hydrogen-bond acceptors (Lipinski definition) is 3. The molecule has 0 saturated carbocycles. The fraction of sp³-hybridized carbons (Fsp3) is 0.143. The van der Waals surface area contributed by atoms with E-state index in [0.717, 1.165) is 5.56 Å². The van der Waals surface area contributed by atoms with Gasteiger partial charge < -0.3 is 4.74 Å². The number of ether oxygens (including phenoxy) is 1. The second-order valence-corrected chi connectivity index (χ2v) is 3.17. The number of nitriles is 1. The van der Waals surface area contributed by atoms with Crippen molar-refractivity contribution < 1.29 is 9.53 Å². The van der Waals surface area contributed by atoms with Gasteiger partial charge in [0, 0.05) is 6.08 Å². The first-order chi connectivity index (χ1) is 8.27. The van der Waals surface area contributed by atoms with Crippen molar-refractivity contribution in [3.8, 4) is 6.07 Å². The average molecular weight is 227 g/mol. The van der Waals surface area contributed by atoms with Gasteiger partial charge in [-0.2, -0.15) is 5.26 Å². The van der Waals surface area contributed by atoms with Gasteiger partial charge in [-0.15, -0.1) is 0 Å². The van der Waals surface area contributed by atoms with Crippen LogP contribution in [0.1, 0.15) is 18.1 Å². The minimum atomic E-state index is -0.370. The molecule has 0 fully saturated rings. The number of allylic oxidation sites excluding steroid dienone is 2. The molecule has 0 atom stereocenters. The molecule has 0 spiro atoms. The fourth-order valence-corrected chi connectivity index (χ4v) is 1.23. The summed E-state index contributed by atoms with van der Waals surface area (Å²) >= 11 is 0. The van der Waals surface area contributed by atoms with Crippen LogP contribution in [0.25, 0.3) is 6.08 Å². The third-order valence-electron chi connectivity index (χ3n) is 1.99. The van der Waals surface area contributed by atoms with E-state index in [-0.39, 0.29) is 5.97 Å². The first-order valence-corrected chi connectivity index (χ1v) is 5.28. The molecule has 0 N–H and O–H groups in total. The van der Waals surface area contributed by atoms with Crippen molar-refractivity contribution in [1.29, 1.82) is 5.26 Å². The van der Waals surface area contributed by atoms with E-state index in [1.807, 2.05) is 18.2 Å². The quantitative estimate of drug-likeness (QED) is 0.451. The van der Waals surface area contributed by atoms with Crippen LogP contribution in [0.5, 0.6) is 0 Å². The van der Waals surface area contributed by atoms with Crippen LogP contribution in [-0.2, 0) is 9.53 Å². The van der Waals surface area contributed by atoms with Gasteiger partial charge in [-0.3, -0.25) is 0 Å². The van der Waals surface area contributed by atoms with E-state index in [0.29, 0.717) is 12.2 Å². The number of hydrogen-bond donors (Lipinski definition) is 0. The summed E-state index contributed by atoms with van der Waals surface area (Å²) in [5.41, 5.74) is 1.43. The smallest absolute Gasteiger partial charge is 0.330 e. The maximum Gasteiger partial charge on any atom is 0.330 e. The van der Waals surface area contributed by atoms with Crippen LogP contribution in [0.15, 0.2) is 42.5 Å². The van der Waals surface area contributed by atoms with Crippen LogP contribution in [-0.4, -0.2) is 12.6 Å². The lowest BCUT2D eigenvalue weighted by Crippen LogP contribution is -1.98. The highest BCUT2D eigenvalue weighted by atomic mass is 16.5. The Hall–Kier alpha value is -2.34. The summed E-state index contributed by atoms with van der Waals surface area (Å²) in [5, 5.41) is 8.86. The zero-order valence-corrected chi connectivity index (χ0v) is 9.59. The molecule has 0 aliphatic heterocycles. The van der Waals surface area contributed by atoms with E-state index in [1.54, 1.807) is 31.2 Å². The topological polar surface area (TPSA) is 50.1 Å². The van der Waals surface area contributed by atoms with Gasteiger partial charge in [0.25, 0.3) is 0 Å². The van der Waals surface area contributed by atoms with E-state index >= 15 is 0 Å². The van der Waals surface area contributed by atoms with Crippen molar-refractivity contribution in [3.05, 3.63) is 53.6 Å². The van der Waals surface area contributed by atoms with Crippen molar-refractivity contribution in [2.45, 2.75) is 6.92 Å². The van der Waals surface area contributed by atoms with Gasteiger partial charge in [-0.1, -0.05) is 36.4 Å². The number of carbonyl (C=O) groups excluding carboxylic acids is 1. The predicted octanol–water partition coefficient (Wildman–Crippen LogP) is 2.69. The van der Waals surface area contributed by atoms with Crippen molar-refractivity contribution in [2.75, 3.05) is 6.61 Å². The molecule has 17 heavy (non-hydrogen) atoms. The summed E-state index contributed by atoms with van der Waals surface area (Å²) in [6.45, 7) is 2.12. The van der Waals surface area contributed by atoms with Gasteiger partial charge in [0.1, 0.15) is 0 Å². The highest BCUT2D eigenvalue weighted by molar-refractivity contribution is 5.82. The molecular formula is C14H13NO2. The fourth-order valence-electron chi connectivity index (χ4n) is 1.23. The van der Waals surface area contributed by atoms with Crippen molar-refractivity contribution in [3.63, 3.8) is 0 Å². The molecule has 3 heteroatoms. The zero-order chi connectivity index (χ0) is 12.5. The molecule has 1 aromatic rings. The Morgan fingerprint density at radius 1 is 1.41 bits per heavy atom. The Morgan fingerprint density at radius 3 is 2.88 bits per heavy atom. The van der Waals surface area contributed by atoms with Crippen LogP contribution in [0.4, 0.5) is 0 Å². The van der Waals surface area contributed by atoms with Crippen LogP contribution < -0.4 is 0 Å². The van der Waals surface area contributed by atoms with Crippen molar-refractivity contribution >= 4 is 12.0 Å². The normalized spacial score (nSPS) is 10.6. The van der Waals surface area contributed by atoms with Crippen LogP contribution in [0.3, 0.4) is 0 Å². The van der Waals surface area contributed by atoms with Gasteiger partial charge in [0.05, 0.1) is 18.2 Å². The second kappa shape index (κ2) is 7.02. The number of esters is 1. The van der Waals surface area contributed by atoms with Crippen LogP contribution in [0, 0.1) is 11.3 Å². The second-order valence-electron chi connectivity index (χ2n) is 3.17. The van der Waals surface area contributed by atoms with Crippen LogP contribution >= 0.6 is 0 Å². The van der Waals surface area contributed by atoms with Gasteiger partial charge in [0.15, 0.2) is 0 Å². The summed E-state index contributed by atoms with van der Waals surface area (Å²) in [6, 6.07) is 9.35. The van der Waals surface area contributed by atoms with E-state index in [1.165, 1.54) is 6.08 Å². The zero-order valence-electron chi connectivity index (χ0n) is 9.59. The molecule has 1 rings (SSSR count). The Labute approximate surface area is 101 Å². The molecule has 0 aliphatic rings. The average Bonchev–Trinajstić information content (AvgIpc) is 2.35. The van der Waals surface area contributed by atoms with E-state index in [2.05, 4.69) is 6.07 Å². The number of benzene rings is 1. The molecule has 0 bridgehead atoms. The number of nitrogens with zero attached hydrogens (tertiary/aromatic N) is 1. The summed E-state index contributed by atoms with van der Waals surface area (Å²) in [5.74, 6) is -0.370. The molecule has 3 nitrogen and oxygen atoms in total. The highest BCUT2D eigenvalue weighted by Crippen LogP contribution is 2.08.